The summed E-state index contributed by atoms with van der Waals surface area (Å²) in [6, 6.07) is 12.9. The number of hydrogen-bond donors (Lipinski definition) is 2. The van der Waals surface area contributed by atoms with Crippen LogP contribution in [0.25, 0.3) is 5.76 Å². The molecule has 10 heteroatoms. The van der Waals surface area contributed by atoms with Gasteiger partial charge in [0.25, 0.3) is 11.7 Å². The molecule has 3 aromatic rings. The number of rotatable bonds is 5. The molecule has 0 radical (unpaired) electrons. The van der Waals surface area contributed by atoms with E-state index in [1.807, 2.05) is 26.8 Å². The van der Waals surface area contributed by atoms with Gasteiger partial charge in [-0.2, -0.15) is 0 Å². The predicted molar refractivity (Wildman–Crippen MR) is 139 cm³/mol. The fourth-order valence-corrected chi connectivity index (χ4v) is 4.78. The molecule has 1 saturated heterocycles. The predicted octanol–water partition coefficient (Wildman–Crippen LogP) is 3.66. The number of anilines is 1. The van der Waals surface area contributed by atoms with Crippen LogP contribution in [0.1, 0.15) is 43.5 Å². The molecule has 4 rings (SSSR count). The summed E-state index contributed by atoms with van der Waals surface area (Å²) in [5.41, 5.74) is 1.56. The van der Waals surface area contributed by atoms with Gasteiger partial charge in [0.15, 0.2) is 0 Å². The number of pyridine rings is 1. The second-order valence-corrected chi connectivity index (χ2v) is 11.2. The number of sulfonamides is 1. The summed E-state index contributed by atoms with van der Waals surface area (Å²) in [7, 11) is -2.51. The van der Waals surface area contributed by atoms with Gasteiger partial charge in [-0.25, -0.2) is 13.6 Å². The number of aliphatic hydroxyl groups excluding tert-OH is 1. The lowest BCUT2D eigenvalue weighted by Crippen LogP contribution is -2.29. The third-order valence-electron chi connectivity index (χ3n) is 6.23. The van der Waals surface area contributed by atoms with Crippen molar-refractivity contribution < 1.29 is 27.9 Å². The molecule has 192 valence electrons. The maximum Gasteiger partial charge on any atom is 0.300 e. The Morgan fingerprint density at radius 2 is 1.65 bits per heavy atom. The molecule has 1 atom stereocenters. The van der Waals surface area contributed by atoms with Gasteiger partial charge in [-0.15, -0.1) is 0 Å². The van der Waals surface area contributed by atoms with Gasteiger partial charge in [-0.1, -0.05) is 26.8 Å². The fraction of sp³-hybridized carbons (Fsp3) is 0.222. The monoisotopic (exact) mass is 521 g/mol. The molecule has 0 spiro atoms. The number of ketones is 1. The molecule has 0 saturated carbocycles. The highest BCUT2D eigenvalue weighted by Crippen LogP contribution is 2.43. The highest BCUT2D eigenvalue weighted by Gasteiger charge is 2.47. The van der Waals surface area contributed by atoms with Crippen LogP contribution in [-0.4, -0.2) is 37.3 Å². The normalized spacial score (nSPS) is 17.8. The fourth-order valence-electron chi connectivity index (χ4n) is 4.26. The van der Waals surface area contributed by atoms with Crippen LogP contribution in [0.4, 0.5) is 5.69 Å². The second-order valence-electron chi connectivity index (χ2n) is 9.65. The molecule has 0 bridgehead atoms. The molecule has 3 N–H and O–H groups in total. The van der Waals surface area contributed by atoms with E-state index in [0.29, 0.717) is 11.3 Å². The highest BCUT2D eigenvalue weighted by molar-refractivity contribution is 7.89. The Labute approximate surface area is 215 Å². The zero-order valence-electron chi connectivity index (χ0n) is 20.8. The summed E-state index contributed by atoms with van der Waals surface area (Å²) in [5, 5.41) is 16.7. The molecule has 9 nitrogen and oxygen atoms in total. The Morgan fingerprint density at radius 3 is 2.19 bits per heavy atom. The van der Waals surface area contributed by atoms with E-state index < -0.39 is 27.8 Å². The number of primary sulfonamides is 1. The van der Waals surface area contributed by atoms with Crippen LogP contribution in [0.2, 0.25) is 0 Å². The van der Waals surface area contributed by atoms with Crippen molar-refractivity contribution in [3.8, 4) is 5.75 Å². The quantitative estimate of drug-likeness (QED) is 0.297. The standard InChI is InChI=1S/C27H27N3O6S/c1-27(2,3)17-5-10-21(36-4)20(15-17)24(31)22-23(16-11-13-29-14-12-16)30(26(33)25(22)32)18-6-8-19(9-7-18)37(28,34)35/h5-15,23,31H,1-4H3,(H2,28,34,35)/b24-22+. The van der Waals surface area contributed by atoms with Gasteiger partial charge in [0, 0.05) is 18.1 Å². The summed E-state index contributed by atoms with van der Waals surface area (Å²) in [5.74, 6) is -1.81. The number of aliphatic hydroxyl groups is 1. The first-order valence-corrected chi connectivity index (χ1v) is 12.9. The molecule has 1 aromatic heterocycles. The summed E-state index contributed by atoms with van der Waals surface area (Å²) in [6.07, 6.45) is 3.03. The van der Waals surface area contributed by atoms with Crippen molar-refractivity contribution in [1.82, 2.24) is 4.98 Å². The number of carbonyl (C=O) groups is 2. The SMILES string of the molecule is COc1ccc(C(C)(C)C)cc1/C(O)=C1\C(=O)C(=O)N(c2ccc(S(N)(=O)=O)cc2)C1c1ccncc1. The number of aromatic nitrogens is 1. The Hall–Kier alpha value is -4.02. The lowest BCUT2D eigenvalue weighted by Gasteiger charge is -2.26. The number of carbonyl (C=O) groups excluding carboxylic acids is 2. The molecule has 2 heterocycles. The Kier molecular flexibility index (Phi) is 6.66. The zero-order chi connectivity index (χ0) is 27.1. The molecule has 1 aliphatic heterocycles. The van der Waals surface area contributed by atoms with Crippen molar-refractivity contribution in [3.63, 3.8) is 0 Å². The largest absolute Gasteiger partial charge is 0.507 e. The van der Waals surface area contributed by atoms with Gasteiger partial charge in [0.2, 0.25) is 10.0 Å². The number of methoxy groups -OCH3 is 1. The van der Waals surface area contributed by atoms with Crippen LogP contribution < -0.4 is 14.8 Å². The molecule has 1 amide bonds. The van der Waals surface area contributed by atoms with E-state index in [-0.39, 0.29) is 32.9 Å². The Morgan fingerprint density at radius 1 is 1.03 bits per heavy atom. The average Bonchev–Trinajstić information content (AvgIpc) is 3.13. The maximum atomic E-state index is 13.4. The van der Waals surface area contributed by atoms with Crippen molar-refractivity contribution in [3.05, 3.63) is 89.3 Å². The van der Waals surface area contributed by atoms with E-state index >= 15 is 0 Å². The van der Waals surface area contributed by atoms with E-state index in [4.69, 9.17) is 9.88 Å². The molecule has 1 unspecified atom stereocenters. The van der Waals surface area contributed by atoms with Gasteiger partial charge in [0.1, 0.15) is 11.5 Å². The Balaban J connectivity index is 1.96. The van der Waals surface area contributed by atoms with E-state index in [2.05, 4.69) is 4.98 Å². The first-order valence-electron chi connectivity index (χ1n) is 11.4. The van der Waals surface area contributed by atoms with Crippen molar-refractivity contribution in [2.75, 3.05) is 12.0 Å². The van der Waals surface area contributed by atoms with E-state index in [0.717, 1.165) is 5.56 Å². The first-order chi connectivity index (χ1) is 17.3. The summed E-state index contributed by atoms with van der Waals surface area (Å²) < 4.78 is 28.9. The van der Waals surface area contributed by atoms with Gasteiger partial charge < -0.3 is 9.84 Å². The first kappa shape index (κ1) is 26.1. The molecule has 2 aromatic carbocycles. The number of hydrogen-bond acceptors (Lipinski definition) is 7. The van der Waals surface area contributed by atoms with Crippen molar-refractivity contribution in [1.29, 1.82) is 0 Å². The topological polar surface area (TPSA) is 140 Å². The molecule has 1 fully saturated rings. The van der Waals surface area contributed by atoms with Crippen LogP contribution in [0.15, 0.2) is 77.5 Å². The van der Waals surface area contributed by atoms with Crippen LogP contribution in [0, 0.1) is 0 Å². The number of ether oxygens (including phenoxy) is 1. The van der Waals surface area contributed by atoms with Gasteiger partial charge in [-0.05, 0) is 65.1 Å². The van der Waals surface area contributed by atoms with Gasteiger partial charge in [0.05, 0.1) is 29.2 Å². The highest BCUT2D eigenvalue weighted by atomic mass is 32.2. The smallest absolute Gasteiger partial charge is 0.300 e. The third-order valence-corrected chi connectivity index (χ3v) is 7.16. The summed E-state index contributed by atoms with van der Waals surface area (Å²) in [6.45, 7) is 6.04. The number of nitrogens with two attached hydrogens (primary N) is 1. The number of nitrogens with zero attached hydrogens (tertiary/aromatic N) is 2. The zero-order valence-corrected chi connectivity index (χ0v) is 21.6. The van der Waals surface area contributed by atoms with Crippen molar-refractivity contribution in [2.24, 2.45) is 5.14 Å². The summed E-state index contributed by atoms with van der Waals surface area (Å²) >= 11 is 0. The Bertz CT molecular complexity index is 1510. The summed E-state index contributed by atoms with van der Waals surface area (Å²) in [4.78, 5) is 31.8. The van der Waals surface area contributed by atoms with E-state index in [1.165, 1.54) is 48.7 Å². The van der Waals surface area contributed by atoms with Crippen LogP contribution in [0.5, 0.6) is 5.75 Å². The van der Waals surface area contributed by atoms with E-state index in [1.54, 1.807) is 24.3 Å². The third kappa shape index (κ3) is 4.85. The van der Waals surface area contributed by atoms with Crippen LogP contribution in [-0.2, 0) is 25.0 Å². The molecule has 1 aliphatic rings. The van der Waals surface area contributed by atoms with Crippen LogP contribution in [0.3, 0.4) is 0 Å². The molecular weight excluding hydrogens is 494 g/mol. The average molecular weight is 522 g/mol. The molecular formula is C27H27N3O6S. The number of amides is 1. The maximum absolute atomic E-state index is 13.4. The van der Waals surface area contributed by atoms with Crippen molar-refractivity contribution >= 4 is 33.2 Å². The number of benzene rings is 2. The van der Waals surface area contributed by atoms with Gasteiger partial charge >= 0.3 is 0 Å². The minimum Gasteiger partial charge on any atom is -0.507 e. The second kappa shape index (κ2) is 9.45. The molecule has 37 heavy (non-hydrogen) atoms. The van der Waals surface area contributed by atoms with Crippen molar-refractivity contribution in [2.45, 2.75) is 37.1 Å². The van der Waals surface area contributed by atoms with Crippen LogP contribution >= 0.6 is 0 Å². The minimum atomic E-state index is -3.96. The lowest BCUT2D eigenvalue weighted by molar-refractivity contribution is -0.132. The van der Waals surface area contributed by atoms with Gasteiger partial charge in [-0.3, -0.25) is 19.5 Å². The lowest BCUT2D eigenvalue weighted by atomic mass is 9.85. The molecule has 0 aliphatic carbocycles. The van der Waals surface area contributed by atoms with E-state index in [9.17, 15) is 23.1 Å². The number of Topliss-reactive ketones (excluding diaryl/α,β-unsaturated/α-hetero) is 1. The minimum absolute atomic E-state index is 0.129.